The van der Waals surface area contributed by atoms with Crippen LogP contribution in [-0.4, -0.2) is 20.9 Å². The molecule has 0 saturated carbocycles. The number of amides is 1. The van der Waals surface area contributed by atoms with Gasteiger partial charge in [0.05, 0.1) is 5.69 Å². The molecule has 0 aliphatic carbocycles. The number of nitrogens with one attached hydrogen (secondary N) is 2. The minimum atomic E-state index is -0.368. The second kappa shape index (κ2) is 5.86. The zero-order chi connectivity index (χ0) is 16.5. The van der Waals surface area contributed by atoms with Crippen LogP contribution < -0.4 is 5.32 Å². The predicted octanol–water partition coefficient (Wildman–Crippen LogP) is 4.08. The fourth-order valence-corrected chi connectivity index (χ4v) is 3.07. The molecule has 0 saturated heterocycles. The summed E-state index contributed by atoms with van der Waals surface area (Å²) < 4.78 is 13.7. The molecule has 2 N–H and O–H groups in total. The van der Waals surface area contributed by atoms with E-state index < -0.39 is 0 Å². The Hall–Kier alpha value is -3.06. The van der Waals surface area contributed by atoms with Crippen LogP contribution in [0.25, 0.3) is 22.3 Å². The first-order valence-corrected chi connectivity index (χ1v) is 8.04. The van der Waals surface area contributed by atoms with Crippen LogP contribution in [0.4, 0.5) is 9.52 Å². The highest BCUT2D eigenvalue weighted by atomic mass is 32.1. The van der Waals surface area contributed by atoms with Crippen molar-refractivity contribution in [2.45, 2.75) is 0 Å². The lowest BCUT2D eigenvalue weighted by Gasteiger charge is -1.98. The smallest absolute Gasteiger partial charge is 0.273 e. The van der Waals surface area contributed by atoms with Crippen LogP contribution in [0.5, 0.6) is 0 Å². The van der Waals surface area contributed by atoms with Gasteiger partial charge in [0, 0.05) is 22.5 Å². The van der Waals surface area contributed by atoms with Crippen molar-refractivity contribution in [2.24, 2.45) is 0 Å². The van der Waals surface area contributed by atoms with Gasteiger partial charge < -0.3 is 4.98 Å². The van der Waals surface area contributed by atoms with E-state index in [9.17, 15) is 9.18 Å². The summed E-state index contributed by atoms with van der Waals surface area (Å²) in [6, 6.07) is 11.7. The highest BCUT2D eigenvalue weighted by molar-refractivity contribution is 7.14. The molecule has 0 unspecified atom stereocenters. The number of H-pyrrole nitrogens is 1. The fraction of sp³-hybridized carbons (Fsp3) is 0. The molecule has 1 amide bonds. The second-order valence-corrected chi connectivity index (χ2v) is 5.95. The first-order chi connectivity index (χ1) is 11.7. The zero-order valence-electron chi connectivity index (χ0n) is 12.3. The number of rotatable bonds is 3. The number of hydrogen-bond acceptors (Lipinski definition) is 4. The average Bonchev–Trinajstić information content (AvgIpc) is 3.23. The van der Waals surface area contributed by atoms with Gasteiger partial charge in [0.2, 0.25) is 0 Å². The van der Waals surface area contributed by atoms with E-state index in [0.717, 1.165) is 5.69 Å². The van der Waals surface area contributed by atoms with Crippen LogP contribution in [0.3, 0.4) is 0 Å². The summed E-state index contributed by atoms with van der Waals surface area (Å²) in [5, 5.41) is 5.38. The van der Waals surface area contributed by atoms with E-state index in [0.29, 0.717) is 21.7 Å². The number of halogens is 1. The zero-order valence-corrected chi connectivity index (χ0v) is 13.1. The van der Waals surface area contributed by atoms with Gasteiger partial charge in [-0.2, -0.15) is 0 Å². The number of aromatic nitrogens is 3. The van der Waals surface area contributed by atoms with E-state index in [2.05, 4.69) is 20.3 Å². The number of nitrogens with zero attached hydrogens (tertiary/aromatic N) is 2. The summed E-state index contributed by atoms with van der Waals surface area (Å²) in [5.41, 5.74) is 2.29. The molecule has 0 radical (unpaired) electrons. The lowest BCUT2D eigenvalue weighted by Crippen LogP contribution is -2.11. The summed E-state index contributed by atoms with van der Waals surface area (Å²) in [5.74, 6) is -0.734. The summed E-state index contributed by atoms with van der Waals surface area (Å²) in [4.78, 5) is 23.8. The van der Waals surface area contributed by atoms with Crippen molar-refractivity contribution >= 4 is 33.3 Å². The van der Waals surface area contributed by atoms with Crippen LogP contribution >= 0.6 is 11.3 Å². The van der Waals surface area contributed by atoms with Crippen LogP contribution in [0.15, 0.2) is 54.0 Å². The lowest BCUT2D eigenvalue weighted by molar-refractivity contribution is 0.102. The van der Waals surface area contributed by atoms with Gasteiger partial charge in [-0.1, -0.05) is 12.1 Å². The number of anilines is 1. The molecule has 0 spiro atoms. The molecule has 0 aliphatic heterocycles. The van der Waals surface area contributed by atoms with E-state index in [-0.39, 0.29) is 17.4 Å². The Morgan fingerprint density at radius 1 is 1.17 bits per heavy atom. The van der Waals surface area contributed by atoms with Crippen molar-refractivity contribution in [3.63, 3.8) is 0 Å². The standard InChI is InChI=1S/C17H11FN4OS/c18-11-4-3-6-12-10(11)8-14(20-12)16(23)22-17-21-15(9-24-17)13-5-1-2-7-19-13/h1-9,20H,(H,21,22,23). The van der Waals surface area contributed by atoms with Gasteiger partial charge in [-0.25, -0.2) is 9.37 Å². The van der Waals surface area contributed by atoms with Crippen LogP contribution in [0.1, 0.15) is 10.5 Å². The molecular weight excluding hydrogens is 327 g/mol. The lowest BCUT2D eigenvalue weighted by atomic mass is 10.2. The molecule has 118 valence electrons. The van der Waals surface area contributed by atoms with Crippen LogP contribution in [0.2, 0.25) is 0 Å². The molecule has 1 aromatic carbocycles. The van der Waals surface area contributed by atoms with Gasteiger partial charge in [0.25, 0.3) is 5.91 Å². The molecule has 0 aliphatic rings. The number of carbonyl (C=O) groups excluding carboxylic acids is 1. The van der Waals surface area contributed by atoms with Gasteiger partial charge in [0.15, 0.2) is 5.13 Å². The van der Waals surface area contributed by atoms with Gasteiger partial charge in [-0.15, -0.1) is 11.3 Å². The summed E-state index contributed by atoms with van der Waals surface area (Å²) in [6.45, 7) is 0. The maximum Gasteiger partial charge on any atom is 0.273 e. The average molecular weight is 338 g/mol. The normalized spacial score (nSPS) is 10.9. The number of thiazole rings is 1. The summed E-state index contributed by atoms with van der Waals surface area (Å²) in [7, 11) is 0. The maximum absolute atomic E-state index is 13.7. The minimum Gasteiger partial charge on any atom is -0.350 e. The molecule has 3 heterocycles. The fourth-order valence-electron chi connectivity index (χ4n) is 2.37. The molecule has 4 rings (SSSR count). The quantitative estimate of drug-likeness (QED) is 0.591. The number of hydrogen-bond donors (Lipinski definition) is 2. The first kappa shape index (κ1) is 14.5. The number of fused-ring (bicyclic) bond motifs is 1. The van der Waals surface area contributed by atoms with E-state index >= 15 is 0 Å². The molecule has 4 aromatic rings. The van der Waals surface area contributed by atoms with E-state index in [1.165, 1.54) is 23.5 Å². The van der Waals surface area contributed by atoms with Crippen LogP contribution in [-0.2, 0) is 0 Å². The number of benzene rings is 1. The Labute approximate surface area is 140 Å². The van der Waals surface area contributed by atoms with Crippen molar-refractivity contribution < 1.29 is 9.18 Å². The Balaban J connectivity index is 1.57. The van der Waals surface area contributed by atoms with Gasteiger partial charge in [-0.3, -0.25) is 15.1 Å². The Kier molecular flexibility index (Phi) is 3.55. The van der Waals surface area contributed by atoms with Crippen LogP contribution in [0, 0.1) is 5.82 Å². The van der Waals surface area contributed by atoms with Crippen molar-refractivity contribution in [3.05, 3.63) is 65.6 Å². The number of aromatic amines is 1. The van der Waals surface area contributed by atoms with Crippen molar-refractivity contribution in [1.82, 2.24) is 15.0 Å². The SMILES string of the molecule is O=C(Nc1nc(-c2ccccn2)cs1)c1cc2c(F)cccc2[nH]1. The highest BCUT2D eigenvalue weighted by Crippen LogP contribution is 2.24. The summed E-state index contributed by atoms with van der Waals surface area (Å²) >= 11 is 1.31. The first-order valence-electron chi connectivity index (χ1n) is 7.16. The molecule has 5 nitrogen and oxygen atoms in total. The third-order valence-electron chi connectivity index (χ3n) is 3.51. The maximum atomic E-state index is 13.7. The monoisotopic (exact) mass is 338 g/mol. The van der Waals surface area contributed by atoms with Gasteiger partial charge >= 0.3 is 0 Å². The third-order valence-corrected chi connectivity index (χ3v) is 4.27. The number of carbonyl (C=O) groups is 1. The Morgan fingerprint density at radius 3 is 2.88 bits per heavy atom. The second-order valence-electron chi connectivity index (χ2n) is 5.09. The highest BCUT2D eigenvalue weighted by Gasteiger charge is 2.14. The van der Waals surface area contributed by atoms with Gasteiger partial charge in [0.1, 0.15) is 17.2 Å². The number of pyridine rings is 1. The topological polar surface area (TPSA) is 70.7 Å². The van der Waals surface area contributed by atoms with E-state index in [1.54, 1.807) is 18.3 Å². The molecular formula is C17H11FN4OS. The molecule has 0 bridgehead atoms. The van der Waals surface area contributed by atoms with Crippen molar-refractivity contribution in [2.75, 3.05) is 5.32 Å². The molecule has 0 fully saturated rings. The summed E-state index contributed by atoms with van der Waals surface area (Å²) in [6.07, 6.45) is 1.69. The molecule has 24 heavy (non-hydrogen) atoms. The van der Waals surface area contributed by atoms with E-state index in [1.807, 2.05) is 23.6 Å². The Morgan fingerprint density at radius 2 is 2.08 bits per heavy atom. The third kappa shape index (κ3) is 2.65. The van der Waals surface area contributed by atoms with E-state index in [4.69, 9.17) is 0 Å². The van der Waals surface area contributed by atoms with Crippen molar-refractivity contribution in [3.8, 4) is 11.4 Å². The largest absolute Gasteiger partial charge is 0.350 e. The van der Waals surface area contributed by atoms with Crippen molar-refractivity contribution in [1.29, 1.82) is 0 Å². The minimum absolute atomic E-state index is 0.282. The molecule has 0 atom stereocenters. The van der Waals surface area contributed by atoms with Gasteiger partial charge in [-0.05, 0) is 30.3 Å². The Bertz CT molecular complexity index is 1030. The molecule has 7 heteroatoms. The predicted molar refractivity (Wildman–Crippen MR) is 91.6 cm³/mol. The molecule has 3 aromatic heterocycles.